The minimum Gasteiger partial charge on any atom is -0.366 e. The second-order valence-corrected chi connectivity index (χ2v) is 7.63. The van der Waals surface area contributed by atoms with Crippen LogP contribution in [0.4, 0.5) is 20.6 Å². The largest absolute Gasteiger partial charge is 0.366 e. The van der Waals surface area contributed by atoms with Gasteiger partial charge >= 0.3 is 6.03 Å². The normalized spacial score (nSPS) is 20.6. The standard InChI is InChI=1S/C21H18ClFN4O3/c1-11-3-6-13(9-16(11)23)24-19(28)15-10-26(2)18-17(15)25-21(30)27(20(18)29)14-7-4-12(22)5-8-14/h3-10,17-18H,1-2H3,(H,24,28)(H,25,30). The number of nitrogens with zero attached hydrogens (tertiary/aromatic N) is 2. The van der Waals surface area contributed by atoms with Crippen LogP contribution in [-0.2, 0) is 9.59 Å². The van der Waals surface area contributed by atoms with Gasteiger partial charge in [0, 0.05) is 24.0 Å². The SMILES string of the molecule is Cc1ccc(NC(=O)C2=CN(C)C3C(=O)N(c4ccc(Cl)cc4)C(=O)NC23)cc1F. The monoisotopic (exact) mass is 428 g/mol. The Balaban J connectivity index is 1.57. The second-order valence-electron chi connectivity index (χ2n) is 7.19. The lowest BCUT2D eigenvalue weighted by Gasteiger charge is -2.37. The zero-order valence-corrected chi connectivity index (χ0v) is 16.9. The molecule has 0 aromatic heterocycles. The molecule has 2 N–H and O–H groups in total. The summed E-state index contributed by atoms with van der Waals surface area (Å²) in [6, 6.07) is 8.42. The van der Waals surface area contributed by atoms with Crippen LogP contribution in [0.15, 0.2) is 54.2 Å². The molecule has 2 atom stereocenters. The van der Waals surface area contributed by atoms with Crippen molar-refractivity contribution in [2.45, 2.75) is 19.0 Å². The molecule has 2 aliphatic heterocycles. The molecule has 0 aliphatic carbocycles. The fraction of sp³-hybridized carbons (Fsp3) is 0.190. The lowest BCUT2D eigenvalue weighted by molar-refractivity contribution is -0.122. The molecule has 4 rings (SSSR count). The molecule has 0 spiro atoms. The maximum absolute atomic E-state index is 13.8. The van der Waals surface area contributed by atoms with Crippen molar-refractivity contribution in [2.75, 3.05) is 17.3 Å². The van der Waals surface area contributed by atoms with Gasteiger partial charge < -0.3 is 15.5 Å². The first-order chi connectivity index (χ1) is 14.3. The maximum atomic E-state index is 13.8. The van der Waals surface area contributed by atoms with Crippen molar-refractivity contribution >= 4 is 40.8 Å². The number of benzene rings is 2. The van der Waals surface area contributed by atoms with Crippen LogP contribution in [0.5, 0.6) is 0 Å². The van der Waals surface area contributed by atoms with Gasteiger partial charge in [-0.1, -0.05) is 17.7 Å². The third kappa shape index (κ3) is 3.39. The van der Waals surface area contributed by atoms with E-state index in [4.69, 9.17) is 11.6 Å². The number of hydrogen-bond acceptors (Lipinski definition) is 4. The summed E-state index contributed by atoms with van der Waals surface area (Å²) in [4.78, 5) is 41.2. The van der Waals surface area contributed by atoms with E-state index in [1.807, 2.05) is 0 Å². The number of carbonyl (C=O) groups is 3. The van der Waals surface area contributed by atoms with Gasteiger partial charge in [-0.05, 0) is 48.9 Å². The first kappa shape index (κ1) is 19.9. The van der Waals surface area contributed by atoms with E-state index in [1.165, 1.54) is 12.3 Å². The molecule has 2 aliphatic rings. The third-order valence-corrected chi connectivity index (χ3v) is 5.42. The Morgan fingerprint density at radius 2 is 1.87 bits per heavy atom. The van der Waals surface area contributed by atoms with Crippen LogP contribution in [0.2, 0.25) is 5.02 Å². The summed E-state index contributed by atoms with van der Waals surface area (Å²) < 4.78 is 13.8. The highest BCUT2D eigenvalue weighted by Gasteiger charge is 2.49. The maximum Gasteiger partial charge on any atom is 0.329 e. The lowest BCUT2D eigenvalue weighted by atomic mass is 9.99. The summed E-state index contributed by atoms with van der Waals surface area (Å²) in [6.45, 7) is 1.62. The number of carbonyl (C=O) groups excluding carboxylic acids is 3. The van der Waals surface area contributed by atoms with E-state index in [1.54, 1.807) is 55.3 Å². The van der Waals surface area contributed by atoms with Crippen molar-refractivity contribution in [2.24, 2.45) is 0 Å². The van der Waals surface area contributed by atoms with Crippen LogP contribution in [0, 0.1) is 12.7 Å². The van der Waals surface area contributed by atoms with Crippen LogP contribution in [0.25, 0.3) is 0 Å². The zero-order chi connectivity index (χ0) is 21.6. The van der Waals surface area contributed by atoms with Crippen LogP contribution in [0.3, 0.4) is 0 Å². The number of fused-ring (bicyclic) bond motifs is 1. The van der Waals surface area contributed by atoms with Gasteiger partial charge in [-0.3, -0.25) is 9.59 Å². The first-order valence-corrected chi connectivity index (χ1v) is 9.55. The molecule has 9 heteroatoms. The molecular weight excluding hydrogens is 411 g/mol. The van der Waals surface area contributed by atoms with E-state index in [2.05, 4.69) is 10.6 Å². The van der Waals surface area contributed by atoms with E-state index >= 15 is 0 Å². The van der Waals surface area contributed by atoms with Crippen molar-refractivity contribution < 1.29 is 18.8 Å². The Kier molecular flexibility index (Phi) is 4.95. The van der Waals surface area contributed by atoms with Gasteiger partial charge in [0.15, 0.2) is 0 Å². The molecule has 4 amide bonds. The number of rotatable bonds is 3. The Morgan fingerprint density at radius 1 is 1.17 bits per heavy atom. The fourth-order valence-corrected chi connectivity index (χ4v) is 3.72. The smallest absolute Gasteiger partial charge is 0.329 e. The predicted octanol–water partition coefficient (Wildman–Crippen LogP) is 3.05. The number of hydrogen-bond donors (Lipinski definition) is 2. The van der Waals surface area contributed by atoms with Gasteiger partial charge in [-0.15, -0.1) is 0 Å². The van der Waals surface area contributed by atoms with E-state index in [9.17, 15) is 18.8 Å². The van der Waals surface area contributed by atoms with Crippen LogP contribution < -0.4 is 15.5 Å². The molecule has 2 unspecified atom stereocenters. The van der Waals surface area contributed by atoms with E-state index in [0.717, 1.165) is 4.90 Å². The number of nitrogens with one attached hydrogen (secondary N) is 2. The Labute approximate surface area is 177 Å². The van der Waals surface area contributed by atoms with Gasteiger partial charge in [0.1, 0.15) is 11.9 Å². The second kappa shape index (κ2) is 7.46. The molecule has 0 saturated carbocycles. The number of aryl methyl sites for hydroxylation is 1. The molecule has 30 heavy (non-hydrogen) atoms. The molecule has 0 bridgehead atoms. The van der Waals surface area contributed by atoms with Gasteiger partial charge in [0.25, 0.3) is 11.8 Å². The van der Waals surface area contributed by atoms with Gasteiger partial charge in [0.05, 0.1) is 17.3 Å². The first-order valence-electron chi connectivity index (χ1n) is 9.17. The number of likely N-dealkylation sites (N-methyl/N-ethyl adjacent to an activating group) is 1. The summed E-state index contributed by atoms with van der Waals surface area (Å²) >= 11 is 5.89. The minimum absolute atomic E-state index is 0.209. The number of urea groups is 1. The number of imide groups is 1. The summed E-state index contributed by atoms with van der Waals surface area (Å²) in [5.41, 5.74) is 1.33. The third-order valence-electron chi connectivity index (χ3n) is 5.16. The van der Waals surface area contributed by atoms with E-state index in [-0.39, 0.29) is 11.3 Å². The summed E-state index contributed by atoms with van der Waals surface area (Å²) in [5.74, 6) is -1.43. The molecule has 7 nitrogen and oxygen atoms in total. The van der Waals surface area contributed by atoms with E-state index < -0.39 is 35.7 Å². The average Bonchev–Trinajstić information content (AvgIpc) is 3.02. The highest BCUT2D eigenvalue weighted by Crippen LogP contribution is 2.30. The highest BCUT2D eigenvalue weighted by molar-refractivity contribution is 6.30. The summed E-state index contributed by atoms with van der Waals surface area (Å²) in [6.07, 6.45) is 1.51. The average molecular weight is 429 g/mol. The summed E-state index contributed by atoms with van der Waals surface area (Å²) in [5, 5.41) is 5.83. The quantitative estimate of drug-likeness (QED) is 0.787. The van der Waals surface area contributed by atoms with Gasteiger partial charge in [0.2, 0.25) is 0 Å². The van der Waals surface area contributed by atoms with Crippen molar-refractivity contribution in [1.82, 2.24) is 10.2 Å². The Morgan fingerprint density at radius 3 is 2.53 bits per heavy atom. The molecule has 154 valence electrons. The topological polar surface area (TPSA) is 81.8 Å². The highest BCUT2D eigenvalue weighted by atomic mass is 35.5. The van der Waals surface area contributed by atoms with Gasteiger partial charge in [-0.25, -0.2) is 14.1 Å². The lowest BCUT2D eigenvalue weighted by Crippen LogP contribution is -2.65. The predicted molar refractivity (Wildman–Crippen MR) is 111 cm³/mol. The molecule has 2 aromatic rings. The zero-order valence-electron chi connectivity index (χ0n) is 16.1. The summed E-state index contributed by atoms with van der Waals surface area (Å²) in [7, 11) is 1.65. The fourth-order valence-electron chi connectivity index (χ4n) is 3.60. The Hall–Kier alpha value is -3.39. The molecule has 1 fully saturated rings. The van der Waals surface area contributed by atoms with Crippen molar-refractivity contribution in [3.8, 4) is 0 Å². The number of halogens is 2. The van der Waals surface area contributed by atoms with Gasteiger partial charge in [-0.2, -0.15) is 0 Å². The minimum atomic E-state index is -0.825. The van der Waals surface area contributed by atoms with Crippen LogP contribution in [0.1, 0.15) is 5.56 Å². The molecule has 1 saturated heterocycles. The Bertz CT molecular complexity index is 1090. The van der Waals surface area contributed by atoms with Crippen molar-refractivity contribution in [1.29, 1.82) is 0 Å². The van der Waals surface area contributed by atoms with Crippen molar-refractivity contribution in [3.05, 3.63) is 70.6 Å². The molecular formula is C21H18ClFN4O3. The molecule has 2 heterocycles. The number of anilines is 2. The molecule has 2 aromatic carbocycles. The van der Waals surface area contributed by atoms with E-state index in [0.29, 0.717) is 16.3 Å². The van der Waals surface area contributed by atoms with Crippen LogP contribution in [-0.4, -0.2) is 41.9 Å². The molecule has 0 radical (unpaired) electrons. The van der Waals surface area contributed by atoms with Crippen molar-refractivity contribution in [3.63, 3.8) is 0 Å². The number of amides is 4. The van der Waals surface area contributed by atoms with Crippen LogP contribution >= 0.6 is 11.6 Å².